The van der Waals surface area contributed by atoms with Crippen molar-refractivity contribution in [2.45, 2.75) is 38.3 Å². The van der Waals surface area contributed by atoms with E-state index in [4.69, 9.17) is 16.3 Å². The number of nitrogens with zero attached hydrogens (tertiary/aromatic N) is 3. The molecule has 2 amide bonds. The first-order valence-corrected chi connectivity index (χ1v) is 12.9. The van der Waals surface area contributed by atoms with Crippen molar-refractivity contribution < 1.29 is 19.4 Å². The van der Waals surface area contributed by atoms with Gasteiger partial charge in [0.05, 0.1) is 12.0 Å². The number of halogens is 1. The van der Waals surface area contributed by atoms with E-state index in [1.807, 2.05) is 19.2 Å². The minimum absolute atomic E-state index is 0.114. The van der Waals surface area contributed by atoms with Gasteiger partial charge in [-0.1, -0.05) is 35.9 Å². The van der Waals surface area contributed by atoms with Gasteiger partial charge in [0.25, 0.3) is 0 Å². The fraction of sp³-hybridized carbons (Fsp3) is 0.393. The molecule has 0 saturated carbocycles. The topological polar surface area (TPSA) is 96.7 Å². The number of rotatable bonds is 10. The highest BCUT2D eigenvalue weighted by molar-refractivity contribution is 6.30. The zero-order valence-electron chi connectivity index (χ0n) is 21.0. The molecular formula is C28H33ClN4O4. The van der Waals surface area contributed by atoms with Gasteiger partial charge in [0.2, 0.25) is 11.8 Å². The number of carbonyl (C=O) groups excluding carboxylic acids is 2. The number of imidazole rings is 1. The molecule has 4 rings (SSSR count). The summed E-state index contributed by atoms with van der Waals surface area (Å²) >= 11 is 5.99. The van der Waals surface area contributed by atoms with Gasteiger partial charge in [0.15, 0.2) is 6.04 Å². The number of phenols is 1. The molecule has 1 saturated heterocycles. The van der Waals surface area contributed by atoms with Crippen molar-refractivity contribution in [1.29, 1.82) is 0 Å². The van der Waals surface area contributed by atoms with E-state index in [1.54, 1.807) is 58.4 Å². The largest absolute Gasteiger partial charge is 0.508 e. The second-order valence-electron chi connectivity index (χ2n) is 9.48. The van der Waals surface area contributed by atoms with Crippen LogP contribution in [0.2, 0.25) is 5.02 Å². The Morgan fingerprint density at radius 2 is 1.81 bits per heavy atom. The van der Waals surface area contributed by atoms with Crippen LogP contribution in [0.15, 0.2) is 61.1 Å². The van der Waals surface area contributed by atoms with Crippen molar-refractivity contribution in [3.8, 4) is 5.75 Å². The number of nitrogens with one attached hydrogen (secondary N) is 1. The number of hydrogen-bond donors (Lipinski definition) is 2. The monoisotopic (exact) mass is 524 g/mol. The molecule has 37 heavy (non-hydrogen) atoms. The summed E-state index contributed by atoms with van der Waals surface area (Å²) in [5.41, 5.74) is 2.38. The van der Waals surface area contributed by atoms with E-state index >= 15 is 0 Å². The molecule has 2 heterocycles. The smallest absolute Gasteiger partial charge is 0.249 e. The van der Waals surface area contributed by atoms with Gasteiger partial charge in [0, 0.05) is 51.0 Å². The number of hydrogen-bond acceptors (Lipinski definition) is 5. The Hall–Kier alpha value is -3.36. The summed E-state index contributed by atoms with van der Waals surface area (Å²) in [4.78, 5) is 33.5. The number of aryl methyl sites for hydroxylation is 2. The molecule has 1 unspecified atom stereocenters. The molecule has 0 aliphatic carbocycles. The molecule has 196 valence electrons. The Kier molecular flexibility index (Phi) is 9.19. The van der Waals surface area contributed by atoms with Crippen LogP contribution in [-0.4, -0.2) is 51.1 Å². The SMILES string of the molecule is Cn1cnc(C(C(=O)NCc2ccc(Cl)cc2)N(CC2CCOCC2)C(=O)CCc2ccc(O)cc2)c1. The quantitative estimate of drug-likeness (QED) is 0.417. The molecule has 8 nitrogen and oxygen atoms in total. The molecule has 0 bridgehead atoms. The number of carbonyl (C=O) groups is 2. The highest BCUT2D eigenvalue weighted by Crippen LogP contribution is 2.26. The lowest BCUT2D eigenvalue weighted by Gasteiger charge is -2.34. The van der Waals surface area contributed by atoms with E-state index in [0.29, 0.717) is 43.4 Å². The third-order valence-corrected chi connectivity index (χ3v) is 6.88. The van der Waals surface area contributed by atoms with Gasteiger partial charge in [0.1, 0.15) is 5.75 Å². The van der Waals surface area contributed by atoms with Gasteiger partial charge < -0.3 is 24.6 Å². The van der Waals surface area contributed by atoms with Gasteiger partial charge in [-0.2, -0.15) is 0 Å². The molecule has 0 radical (unpaired) electrons. The lowest BCUT2D eigenvalue weighted by atomic mass is 9.97. The molecule has 3 aromatic rings. The lowest BCUT2D eigenvalue weighted by Crippen LogP contribution is -2.46. The van der Waals surface area contributed by atoms with Crippen LogP contribution >= 0.6 is 11.6 Å². The Bertz CT molecular complexity index is 1170. The van der Waals surface area contributed by atoms with E-state index in [1.165, 1.54) is 0 Å². The zero-order chi connectivity index (χ0) is 26.2. The fourth-order valence-corrected chi connectivity index (χ4v) is 4.64. The van der Waals surface area contributed by atoms with E-state index in [9.17, 15) is 14.7 Å². The van der Waals surface area contributed by atoms with Gasteiger partial charge in [-0.3, -0.25) is 9.59 Å². The maximum atomic E-state index is 13.7. The molecule has 1 fully saturated rings. The average molecular weight is 525 g/mol. The minimum Gasteiger partial charge on any atom is -0.508 e. The van der Waals surface area contributed by atoms with Crippen molar-refractivity contribution in [3.05, 3.63) is 82.9 Å². The van der Waals surface area contributed by atoms with Crippen LogP contribution in [0.5, 0.6) is 5.75 Å². The first-order chi connectivity index (χ1) is 17.9. The number of ether oxygens (including phenoxy) is 1. The molecule has 1 aliphatic heterocycles. The normalized spacial score (nSPS) is 14.8. The maximum absolute atomic E-state index is 13.7. The zero-order valence-corrected chi connectivity index (χ0v) is 21.7. The first kappa shape index (κ1) is 26.7. The Morgan fingerprint density at radius 3 is 2.46 bits per heavy atom. The van der Waals surface area contributed by atoms with E-state index in [-0.39, 0.29) is 29.9 Å². The van der Waals surface area contributed by atoms with Crippen LogP contribution in [0.3, 0.4) is 0 Å². The number of aromatic hydroxyl groups is 1. The number of amides is 2. The van der Waals surface area contributed by atoms with Crippen molar-refractivity contribution in [3.63, 3.8) is 0 Å². The Morgan fingerprint density at radius 1 is 1.14 bits per heavy atom. The standard InChI is InChI=1S/C28H33ClN4O4/c1-32-18-25(31-19-32)27(28(36)30-16-21-2-7-23(29)8-3-21)33(17-22-12-14-37-15-13-22)26(35)11-6-20-4-9-24(34)10-5-20/h2-5,7-10,18-19,22,27,34H,6,11-17H2,1H3,(H,30,36). The molecule has 1 aliphatic rings. The summed E-state index contributed by atoms with van der Waals surface area (Å²) in [6.45, 7) is 2.06. The highest BCUT2D eigenvalue weighted by atomic mass is 35.5. The molecule has 1 atom stereocenters. The van der Waals surface area contributed by atoms with Crippen LogP contribution in [-0.2, 0) is 34.3 Å². The second-order valence-corrected chi connectivity index (χ2v) is 9.92. The number of aromatic nitrogens is 2. The van der Waals surface area contributed by atoms with E-state index in [0.717, 1.165) is 24.0 Å². The lowest BCUT2D eigenvalue weighted by molar-refractivity contribution is -0.142. The third kappa shape index (κ3) is 7.57. The molecule has 9 heteroatoms. The number of benzene rings is 2. The van der Waals surface area contributed by atoms with Gasteiger partial charge in [-0.05, 0) is 60.6 Å². The Labute approximate surface area is 222 Å². The minimum atomic E-state index is -0.858. The van der Waals surface area contributed by atoms with Crippen LogP contribution in [0.1, 0.15) is 42.1 Å². The summed E-state index contributed by atoms with van der Waals surface area (Å²) in [7, 11) is 1.84. The van der Waals surface area contributed by atoms with Crippen LogP contribution in [0.4, 0.5) is 0 Å². The molecule has 0 spiro atoms. The van der Waals surface area contributed by atoms with Crippen LogP contribution < -0.4 is 5.32 Å². The first-order valence-electron chi connectivity index (χ1n) is 12.5. The predicted molar refractivity (Wildman–Crippen MR) is 141 cm³/mol. The average Bonchev–Trinajstić information content (AvgIpc) is 3.33. The fourth-order valence-electron chi connectivity index (χ4n) is 4.51. The van der Waals surface area contributed by atoms with Crippen molar-refractivity contribution in [2.75, 3.05) is 19.8 Å². The Balaban J connectivity index is 1.56. The van der Waals surface area contributed by atoms with Gasteiger partial charge >= 0.3 is 0 Å². The summed E-state index contributed by atoms with van der Waals surface area (Å²) in [6, 6.07) is 13.3. The summed E-state index contributed by atoms with van der Waals surface area (Å²) in [5, 5.41) is 13.2. The van der Waals surface area contributed by atoms with Crippen LogP contribution in [0, 0.1) is 5.92 Å². The van der Waals surface area contributed by atoms with E-state index in [2.05, 4.69) is 10.3 Å². The molecule has 1 aromatic heterocycles. The summed E-state index contributed by atoms with van der Waals surface area (Å²) in [5.74, 6) is 0.0287. The summed E-state index contributed by atoms with van der Waals surface area (Å²) in [6.07, 6.45) is 5.85. The number of phenolic OH excluding ortho intramolecular Hbond substituents is 1. The predicted octanol–water partition coefficient (Wildman–Crippen LogP) is 4.02. The van der Waals surface area contributed by atoms with Crippen molar-refractivity contribution >= 4 is 23.4 Å². The maximum Gasteiger partial charge on any atom is 0.249 e. The van der Waals surface area contributed by atoms with Crippen molar-refractivity contribution in [2.24, 2.45) is 13.0 Å². The van der Waals surface area contributed by atoms with Crippen molar-refractivity contribution in [1.82, 2.24) is 19.8 Å². The molecule has 2 N–H and O–H groups in total. The van der Waals surface area contributed by atoms with Gasteiger partial charge in [-0.15, -0.1) is 0 Å². The van der Waals surface area contributed by atoms with Gasteiger partial charge in [-0.25, -0.2) is 4.98 Å². The highest BCUT2D eigenvalue weighted by Gasteiger charge is 2.34. The second kappa shape index (κ2) is 12.7. The summed E-state index contributed by atoms with van der Waals surface area (Å²) < 4.78 is 7.30. The third-order valence-electron chi connectivity index (χ3n) is 6.63. The van der Waals surface area contributed by atoms with E-state index < -0.39 is 6.04 Å². The molecule has 2 aromatic carbocycles. The van der Waals surface area contributed by atoms with Crippen LogP contribution in [0.25, 0.3) is 0 Å². The molecular weight excluding hydrogens is 492 g/mol.